The third kappa shape index (κ3) is 8.18. The number of allylic oxidation sites excluding steroid dienone is 6. The first-order valence-corrected chi connectivity index (χ1v) is 8.32. The Morgan fingerprint density at radius 1 is 1.30 bits per heavy atom. The van der Waals surface area contributed by atoms with Gasteiger partial charge >= 0.3 is 5.97 Å². The molecule has 0 aromatic carbocycles. The molecule has 0 saturated heterocycles. The maximum absolute atomic E-state index is 11.9. The molecule has 0 aromatic rings. The molecule has 0 saturated carbocycles. The standard InChI is InChI=1S/C20H26O3/c1-2-3-4-5-6-10-13-18-17(15-16-19(18)21)12-9-7-8-11-14-20(22)23/h6-7,9,11,13-18H,2-5,8,12H2,1H3,(H,22,23)/b9-7-,14-11+/t10?,17-,18+/m0/s1. The maximum atomic E-state index is 11.9. The Hall–Kier alpha value is -2.12. The van der Waals surface area contributed by atoms with Crippen molar-refractivity contribution in [1.29, 1.82) is 0 Å². The number of unbranched alkanes of at least 4 members (excludes halogenated alkanes) is 3. The number of carbonyl (C=O) groups excluding carboxylic acids is 1. The number of carbonyl (C=O) groups is 2. The molecule has 0 heterocycles. The molecule has 1 rings (SSSR count). The number of hydrogen-bond donors (Lipinski definition) is 1. The summed E-state index contributed by atoms with van der Waals surface area (Å²) in [5.41, 5.74) is 3.16. The summed E-state index contributed by atoms with van der Waals surface area (Å²) >= 11 is 0. The van der Waals surface area contributed by atoms with Crippen LogP contribution in [0.25, 0.3) is 0 Å². The van der Waals surface area contributed by atoms with E-state index in [0.29, 0.717) is 6.42 Å². The fraction of sp³-hybridized carbons (Fsp3) is 0.450. The van der Waals surface area contributed by atoms with E-state index in [2.05, 4.69) is 12.7 Å². The summed E-state index contributed by atoms with van der Waals surface area (Å²) in [5.74, 6) is -0.724. The Morgan fingerprint density at radius 3 is 2.87 bits per heavy atom. The molecule has 0 amide bonds. The van der Waals surface area contributed by atoms with Crippen LogP contribution >= 0.6 is 0 Å². The van der Waals surface area contributed by atoms with Gasteiger partial charge in [-0.25, -0.2) is 4.79 Å². The number of aliphatic carboxylic acids is 1. The number of carboxylic acid groups (broad SMARTS) is 1. The van der Waals surface area contributed by atoms with Crippen molar-refractivity contribution in [2.24, 2.45) is 11.8 Å². The second-order valence-corrected chi connectivity index (χ2v) is 5.67. The molecule has 1 aliphatic rings. The van der Waals surface area contributed by atoms with Crippen LogP contribution in [0.3, 0.4) is 0 Å². The lowest BCUT2D eigenvalue weighted by atomic mass is 9.91. The Morgan fingerprint density at radius 2 is 2.13 bits per heavy atom. The predicted molar refractivity (Wildman–Crippen MR) is 93.1 cm³/mol. The average molecular weight is 314 g/mol. The zero-order valence-electron chi connectivity index (χ0n) is 13.8. The van der Waals surface area contributed by atoms with Crippen LogP contribution in [-0.4, -0.2) is 16.9 Å². The predicted octanol–water partition coefficient (Wildman–Crippen LogP) is 4.63. The molecule has 23 heavy (non-hydrogen) atoms. The van der Waals surface area contributed by atoms with E-state index in [9.17, 15) is 9.59 Å². The van der Waals surface area contributed by atoms with Crippen molar-refractivity contribution in [3.05, 3.63) is 54.3 Å². The molecule has 2 atom stereocenters. The highest BCUT2D eigenvalue weighted by molar-refractivity contribution is 5.95. The largest absolute Gasteiger partial charge is 0.478 e. The number of rotatable bonds is 10. The van der Waals surface area contributed by atoms with E-state index in [4.69, 9.17) is 5.11 Å². The van der Waals surface area contributed by atoms with Gasteiger partial charge in [0.15, 0.2) is 5.78 Å². The van der Waals surface area contributed by atoms with Gasteiger partial charge < -0.3 is 5.11 Å². The van der Waals surface area contributed by atoms with Crippen LogP contribution in [0.5, 0.6) is 0 Å². The van der Waals surface area contributed by atoms with Crippen LogP contribution in [0.4, 0.5) is 0 Å². The van der Waals surface area contributed by atoms with Crippen molar-refractivity contribution in [1.82, 2.24) is 0 Å². The van der Waals surface area contributed by atoms with Gasteiger partial charge in [-0.1, -0.05) is 44.1 Å². The highest BCUT2D eigenvalue weighted by Crippen LogP contribution is 2.26. The minimum Gasteiger partial charge on any atom is -0.478 e. The van der Waals surface area contributed by atoms with E-state index in [1.165, 1.54) is 19.3 Å². The monoisotopic (exact) mass is 314 g/mol. The first-order valence-electron chi connectivity index (χ1n) is 8.32. The Labute approximate surface area is 138 Å². The number of carboxylic acids is 1. The van der Waals surface area contributed by atoms with Gasteiger partial charge in [0, 0.05) is 6.08 Å². The second kappa shape index (κ2) is 11.4. The van der Waals surface area contributed by atoms with Crippen LogP contribution in [-0.2, 0) is 9.59 Å². The summed E-state index contributed by atoms with van der Waals surface area (Å²) in [6, 6.07) is 0. The van der Waals surface area contributed by atoms with Gasteiger partial charge in [0.05, 0.1) is 5.92 Å². The van der Waals surface area contributed by atoms with E-state index in [1.54, 1.807) is 12.2 Å². The first-order chi connectivity index (χ1) is 11.1. The first kappa shape index (κ1) is 18.9. The van der Waals surface area contributed by atoms with Gasteiger partial charge in [-0.05, 0) is 49.8 Å². The molecule has 0 spiro atoms. The van der Waals surface area contributed by atoms with Crippen molar-refractivity contribution >= 4 is 11.8 Å². The molecule has 1 N–H and O–H groups in total. The molecule has 1 aliphatic carbocycles. The summed E-state index contributed by atoms with van der Waals surface area (Å²) in [6.45, 7) is 2.18. The second-order valence-electron chi connectivity index (χ2n) is 5.67. The Balaban J connectivity index is 2.43. The Kier molecular flexibility index (Phi) is 9.42. The molecular weight excluding hydrogens is 288 g/mol. The molecule has 0 radical (unpaired) electrons. The smallest absolute Gasteiger partial charge is 0.327 e. The van der Waals surface area contributed by atoms with E-state index >= 15 is 0 Å². The van der Waals surface area contributed by atoms with Crippen LogP contribution in [0.2, 0.25) is 0 Å². The topological polar surface area (TPSA) is 54.4 Å². The lowest BCUT2D eigenvalue weighted by Gasteiger charge is -2.10. The molecule has 0 aliphatic heterocycles. The summed E-state index contributed by atoms with van der Waals surface area (Å²) in [7, 11) is 0. The zero-order valence-corrected chi connectivity index (χ0v) is 13.8. The summed E-state index contributed by atoms with van der Waals surface area (Å²) in [4.78, 5) is 22.2. The fourth-order valence-corrected chi connectivity index (χ4v) is 2.44. The van der Waals surface area contributed by atoms with Crippen molar-refractivity contribution in [2.75, 3.05) is 0 Å². The Bertz CT molecular complexity index is 531. The average Bonchev–Trinajstić information content (AvgIpc) is 2.86. The van der Waals surface area contributed by atoms with E-state index in [0.717, 1.165) is 18.9 Å². The molecule has 124 valence electrons. The van der Waals surface area contributed by atoms with Gasteiger partial charge in [0.25, 0.3) is 0 Å². The van der Waals surface area contributed by atoms with Crippen LogP contribution in [0.1, 0.15) is 45.4 Å². The highest BCUT2D eigenvalue weighted by Gasteiger charge is 2.26. The van der Waals surface area contributed by atoms with Crippen LogP contribution in [0, 0.1) is 11.8 Å². The van der Waals surface area contributed by atoms with E-state index in [-0.39, 0.29) is 17.6 Å². The van der Waals surface area contributed by atoms with E-state index < -0.39 is 5.97 Å². The minimum absolute atomic E-state index is 0.114. The number of hydrogen-bond acceptors (Lipinski definition) is 2. The number of ketones is 1. The fourth-order valence-electron chi connectivity index (χ4n) is 2.44. The van der Waals surface area contributed by atoms with Crippen molar-refractivity contribution in [3.63, 3.8) is 0 Å². The van der Waals surface area contributed by atoms with Crippen molar-refractivity contribution in [3.8, 4) is 0 Å². The van der Waals surface area contributed by atoms with Gasteiger partial charge in [0.2, 0.25) is 0 Å². The van der Waals surface area contributed by atoms with Crippen molar-refractivity contribution < 1.29 is 14.7 Å². The minimum atomic E-state index is -0.932. The molecular formula is C20H26O3. The lowest BCUT2D eigenvalue weighted by Crippen LogP contribution is -2.12. The normalized spacial score (nSPS) is 20.3. The molecule has 0 fully saturated rings. The lowest BCUT2D eigenvalue weighted by molar-refractivity contribution is -0.131. The summed E-state index contributed by atoms with van der Waals surface area (Å²) in [6.07, 6.45) is 20.2. The molecule has 0 bridgehead atoms. The summed E-state index contributed by atoms with van der Waals surface area (Å²) in [5, 5.41) is 8.49. The highest BCUT2D eigenvalue weighted by atomic mass is 16.4. The zero-order chi connectivity index (χ0) is 16.9. The SMILES string of the molecule is CCCCCC=C=C[C@H]1C(=O)C=C[C@@H]1C/C=C\C/C=C/C(=O)O. The van der Waals surface area contributed by atoms with Gasteiger partial charge in [-0.3, -0.25) is 4.79 Å². The van der Waals surface area contributed by atoms with Crippen molar-refractivity contribution in [2.45, 2.75) is 45.4 Å². The molecule has 3 heteroatoms. The third-order valence-corrected chi connectivity index (χ3v) is 3.75. The quantitative estimate of drug-likeness (QED) is 0.277. The van der Waals surface area contributed by atoms with Gasteiger partial charge in [-0.2, -0.15) is 0 Å². The molecule has 0 unspecified atom stereocenters. The van der Waals surface area contributed by atoms with Crippen LogP contribution in [0.15, 0.2) is 54.3 Å². The van der Waals surface area contributed by atoms with Crippen LogP contribution < -0.4 is 0 Å². The summed E-state index contributed by atoms with van der Waals surface area (Å²) < 4.78 is 0. The molecule has 0 aromatic heterocycles. The van der Waals surface area contributed by atoms with E-state index in [1.807, 2.05) is 30.4 Å². The van der Waals surface area contributed by atoms with Gasteiger partial charge in [-0.15, -0.1) is 5.73 Å². The third-order valence-electron chi connectivity index (χ3n) is 3.75. The maximum Gasteiger partial charge on any atom is 0.327 e. The molecule has 3 nitrogen and oxygen atoms in total. The van der Waals surface area contributed by atoms with Gasteiger partial charge in [0.1, 0.15) is 0 Å².